The van der Waals surface area contributed by atoms with E-state index in [4.69, 9.17) is 0 Å². The molecule has 1 aliphatic rings. The van der Waals surface area contributed by atoms with Crippen molar-refractivity contribution >= 4 is 0 Å². The molecule has 1 aromatic carbocycles. The van der Waals surface area contributed by atoms with Crippen LogP contribution in [0.5, 0.6) is 0 Å². The summed E-state index contributed by atoms with van der Waals surface area (Å²) in [6.07, 6.45) is 3.97. The monoisotopic (exact) mass is 188 g/mol. The van der Waals surface area contributed by atoms with Crippen molar-refractivity contribution in [3.05, 3.63) is 34.9 Å². The van der Waals surface area contributed by atoms with E-state index in [9.17, 15) is 0 Å². The van der Waals surface area contributed by atoms with Crippen LogP contribution in [0.1, 0.15) is 37.0 Å². The minimum atomic E-state index is 0.837. The first-order valence-electron chi connectivity index (χ1n) is 5.75. The summed E-state index contributed by atoms with van der Waals surface area (Å²) in [6.45, 7) is 6.89. The minimum Gasteiger partial charge on any atom is -0.0625 e. The molecule has 1 aliphatic carbocycles. The van der Waals surface area contributed by atoms with Gasteiger partial charge in [0.15, 0.2) is 0 Å². The normalized spacial score (nSPS) is 21.0. The third-order valence-electron chi connectivity index (χ3n) is 3.57. The van der Waals surface area contributed by atoms with Crippen LogP contribution < -0.4 is 0 Å². The lowest BCUT2D eigenvalue weighted by Gasteiger charge is -2.27. The molecule has 0 nitrogen and oxygen atoms in total. The maximum atomic E-state index is 2.37. The van der Waals surface area contributed by atoms with Gasteiger partial charge in [0.1, 0.15) is 0 Å². The highest BCUT2D eigenvalue weighted by Crippen LogP contribution is 2.30. The molecule has 0 amide bonds. The summed E-state index contributed by atoms with van der Waals surface area (Å²) in [7, 11) is 0. The van der Waals surface area contributed by atoms with Crippen LogP contribution >= 0.6 is 0 Å². The van der Waals surface area contributed by atoms with Crippen LogP contribution in [0.4, 0.5) is 0 Å². The lowest BCUT2D eigenvalue weighted by Crippen LogP contribution is -2.18. The first-order chi connectivity index (χ1) is 6.66. The summed E-state index contributed by atoms with van der Waals surface area (Å²) in [5.74, 6) is 1.75. The lowest BCUT2D eigenvalue weighted by atomic mass is 9.78. The van der Waals surface area contributed by atoms with Crippen molar-refractivity contribution in [3.63, 3.8) is 0 Å². The predicted molar refractivity (Wildman–Crippen MR) is 61.5 cm³/mol. The Labute approximate surface area is 87.3 Å². The molecule has 0 radical (unpaired) electrons. The van der Waals surface area contributed by atoms with Gasteiger partial charge in [-0.15, -0.1) is 0 Å². The summed E-state index contributed by atoms with van der Waals surface area (Å²) in [5.41, 5.74) is 4.61. The number of hydrogen-bond donors (Lipinski definition) is 0. The number of rotatable bonds is 1. The molecule has 0 saturated heterocycles. The van der Waals surface area contributed by atoms with Crippen molar-refractivity contribution in [2.24, 2.45) is 11.8 Å². The third-order valence-corrected chi connectivity index (χ3v) is 3.57. The molecule has 0 bridgehead atoms. The molecule has 0 aromatic heterocycles. The second-order valence-corrected chi connectivity index (χ2v) is 5.02. The quantitative estimate of drug-likeness (QED) is 0.629. The van der Waals surface area contributed by atoms with Crippen molar-refractivity contribution in [1.82, 2.24) is 0 Å². The predicted octanol–water partition coefficient (Wildman–Crippen LogP) is 3.76. The Kier molecular flexibility index (Phi) is 2.62. The summed E-state index contributed by atoms with van der Waals surface area (Å²) >= 11 is 0. The van der Waals surface area contributed by atoms with E-state index in [1.165, 1.54) is 24.8 Å². The molecule has 0 heterocycles. The maximum absolute atomic E-state index is 2.37. The zero-order valence-corrected chi connectivity index (χ0v) is 9.51. The molecule has 0 N–H and O–H groups in total. The highest BCUT2D eigenvalue weighted by Gasteiger charge is 2.20. The molecule has 0 heteroatoms. The standard InChI is InChI=1S/C14H20/c1-10(2)12-6-7-13-8-11(3)4-5-14(13)9-12/h4-5,8,10,12H,6-7,9H2,1-3H3. The molecule has 1 aromatic rings. The summed E-state index contributed by atoms with van der Waals surface area (Å²) in [6, 6.07) is 6.95. The van der Waals surface area contributed by atoms with Gasteiger partial charge in [-0.05, 0) is 49.1 Å². The number of hydrogen-bond acceptors (Lipinski definition) is 0. The highest BCUT2D eigenvalue weighted by molar-refractivity contribution is 5.33. The smallest absolute Gasteiger partial charge is 0.0245 e. The van der Waals surface area contributed by atoms with Crippen LogP contribution in [0.3, 0.4) is 0 Å². The van der Waals surface area contributed by atoms with Gasteiger partial charge in [0, 0.05) is 0 Å². The zero-order chi connectivity index (χ0) is 10.1. The molecular weight excluding hydrogens is 168 g/mol. The van der Waals surface area contributed by atoms with Crippen molar-refractivity contribution in [2.45, 2.75) is 40.0 Å². The molecule has 1 atom stereocenters. The average molecular weight is 188 g/mol. The zero-order valence-electron chi connectivity index (χ0n) is 9.51. The first-order valence-corrected chi connectivity index (χ1v) is 5.75. The highest BCUT2D eigenvalue weighted by atomic mass is 14.3. The van der Waals surface area contributed by atoms with Crippen LogP contribution in [0, 0.1) is 18.8 Å². The van der Waals surface area contributed by atoms with E-state index >= 15 is 0 Å². The van der Waals surface area contributed by atoms with Gasteiger partial charge in [-0.2, -0.15) is 0 Å². The van der Waals surface area contributed by atoms with Gasteiger partial charge in [-0.25, -0.2) is 0 Å². The van der Waals surface area contributed by atoms with Crippen LogP contribution in [0.2, 0.25) is 0 Å². The van der Waals surface area contributed by atoms with Gasteiger partial charge >= 0.3 is 0 Å². The van der Waals surface area contributed by atoms with Gasteiger partial charge < -0.3 is 0 Å². The Bertz CT molecular complexity index is 323. The van der Waals surface area contributed by atoms with E-state index in [0.717, 1.165) is 11.8 Å². The number of aryl methyl sites for hydroxylation is 2. The van der Waals surface area contributed by atoms with Crippen molar-refractivity contribution in [3.8, 4) is 0 Å². The van der Waals surface area contributed by atoms with Crippen LogP contribution in [-0.4, -0.2) is 0 Å². The number of fused-ring (bicyclic) bond motifs is 1. The van der Waals surface area contributed by atoms with Gasteiger partial charge in [0.25, 0.3) is 0 Å². The Morgan fingerprint density at radius 2 is 2.00 bits per heavy atom. The van der Waals surface area contributed by atoms with Crippen molar-refractivity contribution in [2.75, 3.05) is 0 Å². The fraction of sp³-hybridized carbons (Fsp3) is 0.571. The second kappa shape index (κ2) is 3.76. The van der Waals surface area contributed by atoms with E-state index in [0.29, 0.717) is 0 Å². The Hall–Kier alpha value is -0.780. The molecule has 0 spiro atoms. The summed E-state index contributed by atoms with van der Waals surface area (Å²) in [5, 5.41) is 0. The second-order valence-electron chi connectivity index (χ2n) is 5.02. The lowest BCUT2D eigenvalue weighted by molar-refractivity contribution is 0.343. The summed E-state index contributed by atoms with van der Waals surface area (Å²) in [4.78, 5) is 0. The molecule has 76 valence electrons. The number of benzene rings is 1. The van der Waals surface area contributed by atoms with E-state index in [1.54, 1.807) is 11.1 Å². The van der Waals surface area contributed by atoms with Gasteiger partial charge in [-0.1, -0.05) is 37.6 Å². The van der Waals surface area contributed by atoms with Gasteiger partial charge in [-0.3, -0.25) is 0 Å². The molecule has 14 heavy (non-hydrogen) atoms. The van der Waals surface area contributed by atoms with Crippen LogP contribution in [0.15, 0.2) is 18.2 Å². The summed E-state index contributed by atoms with van der Waals surface area (Å²) < 4.78 is 0. The molecular formula is C14H20. The SMILES string of the molecule is Cc1ccc2c(c1)CCC(C(C)C)C2. The average Bonchev–Trinajstić information content (AvgIpc) is 2.16. The molecule has 1 unspecified atom stereocenters. The molecule has 2 rings (SSSR count). The van der Waals surface area contributed by atoms with E-state index in [-0.39, 0.29) is 0 Å². The van der Waals surface area contributed by atoms with E-state index in [2.05, 4.69) is 39.0 Å². The topological polar surface area (TPSA) is 0 Å². The first kappa shape index (κ1) is 9.76. The van der Waals surface area contributed by atoms with E-state index in [1.807, 2.05) is 0 Å². The van der Waals surface area contributed by atoms with Crippen LogP contribution in [0.25, 0.3) is 0 Å². The Morgan fingerprint density at radius 3 is 2.71 bits per heavy atom. The fourth-order valence-corrected chi connectivity index (χ4v) is 2.48. The Morgan fingerprint density at radius 1 is 1.21 bits per heavy atom. The minimum absolute atomic E-state index is 0.837. The fourth-order valence-electron chi connectivity index (χ4n) is 2.48. The molecule has 0 saturated carbocycles. The van der Waals surface area contributed by atoms with Gasteiger partial charge in [0.05, 0.1) is 0 Å². The van der Waals surface area contributed by atoms with Crippen LogP contribution in [-0.2, 0) is 12.8 Å². The molecule has 0 aliphatic heterocycles. The van der Waals surface area contributed by atoms with Crippen molar-refractivity contribution in [1.29, 1.82) is 0 Å². The molecule has 0 fully saturated rings. The largest absolute Gasteiger partial charge is 0.0625 e. The van der Waals surface area contributed by atoms with Crippen molar-refractivity contribution < 1.29 is 0 Å². The third kappa shape index (κ3) is 1.84. The maximum Gasteiger partial charge on any atom is -0.0245 e. The Balaban J connectivity index is 2.23. The van der Waals surface area contributed by atoms with E-state index < -0.39 is 0 Å². The van der Waals surface area contributed by atoms with Gasteiger partial charge in [0.2, 0.25) is 0 Å².